The summed E-state index contributed by atoms with van der Waals surface area (Å²) in [6.45, 7) is 8.02. The van der Waals surface area contributed by atoms with E-state index in [9.17, 15) is 0 Å². The molecule has 0 bridgehead atoms. The van der Waals surface area contributed by atoms with Gasteiger partial charge >= 0.3 is 0 Å². The lowest BCUT2D eigenvalue weighted by molar-refractivity contribution is 0.718. The highest BCUT2D eigenvalue weighted by atomic mass is 79.9. The van der Waals surface area contributed by atoms with Gasteiger partial charge in [0.2, 0.25) is 0 Å². The van der Waals surface area contributed by atoms with Gasteiger partial charge in [0.15, 0.2) is 0 Å². The Morgan fingerprint density at radius 1 is 1.53 bits per heavy atom. The maximum absolute atomic E-state index is 3.73. The maximum atomic E-state index is 3.73. The summed E-state index contributed by atoms with van der Waals surface area (Å²) in [4.78, 5) is 0. The molecule has 15 heavy (non-hydrogen) atoms. The van der Waals surface area contributed by atoms with E-state index in [-0.39, 0.29) is 0 Å². The molecule has 0 aliphatic rings. The lowest BCUT2D eigenvalue weighted by Gasteiger charge is -2.15. The second kappa shape index (κ2) is 5.96. The van der Waals surface area contributed by atoms with Crippen LogP contribution in [-0.4, -0.2) is 6.04 Å². The van der Waals surface area contributed by atoms with Gasteiger partial charge in [-0.2, -0.15) is 0 Å². The highest BCUT2D eigenvalue weighted by molar-refractivity contribution is 9.10. The molecule has 82 valence electrons. The van der Waals surface area contributed by atoms with Gasteiger partial charge in [-0.15, -0.1) is 6.58 Å². The van der Waals surface area contributed by atoms with Gasteiger partial charge in [-0.1, -0.05) is 12.1 Å². The molecule has 0 heterocycles. The third-order valence-electron chi connectivity index (χ3n) is 2.33. The number of hydrogen-bond acceptors (Lipinski definition) is 1. The van der Waals surface area contributed by atoms with Gasteiger partial charge in [0.05, 0.1) is 0 Å². The van der Waals surface area contributed by atoms with E-state index in [0.29, 0.717) is 6.04 Å². The normalized spacial score (nSPS) is 12.2. The predicted octanol–water partition coefficient (Wildman–Crippen LogP) is 4.52. The van der Waals surface area contributed by atoms with Gasteiger partial charge in [0.1, 0.15) is 0 Å². The molecule has 1 aromatic carbocycles. The topological polar surface area (TPSA) is 12.0 Å². The van der Waals surface area contributed by atoms with E-state index >= 15 is 0 Å². The molecule has 0 spiro atoms. The van der Waals surface area contributed by atoms with Crippen molar-refractivity contribution in [1.82, 2.24) is 0 Å². The summed E-state index contributed by atoms with van der Waals surface area (Å²) >= 11 is 3.56. The van der Waals surface area contributed by atoms with Crippen LogP contribution >= 0.6 is 15.9 Å². The Balaban J connectivity index is 2.59. The Morgan fingerprint density at radius 2 is 2.27 bits per heavy atom. The molecule has 0 saturated carbocycles. The molecular weight excluding hydrogens is 250 g/mol. The number of benzene rings is 1. The fourth-order valence-electron chi connectivity index (χ4n) is 1.44. The summed E-state index contributed by atoms with van der Waals surface area (Å²) in [6, 6.07) is 6.83. The minimum absolute atomic E-state index is 0.474. The second-order valence-corrected chi connectivity index (χ2v) is 4.75. The molecule has 0 amide bonds. The Hall–Kier alpha value is -0.760. The number of anilines is 1. The van der Waals surface area contributed by atoms with Crippen LogP contribution in [0.15, 0.2) is 35.3 Å². The molecule has 0 aliphatic carbocycles. The summed E-state index contributed by atoms with van der Waals surface area (Å²) in [5.41, 5.74) is 2.43. The zero-order valence-corrected chi connectivity index (χ0v) is 11.0. The van der Waals surface area contributed by atoms with Gasteiger partial charge in [0.25, 0.3) is 0 Å². The van der Waals surface area contributed by atoms with Gasteiger partial charge in [-0.25, -0.2) is 0 Å². The number of nitrogens with one attached hydrogen (secondary N) is 1. The summed E-state index contributed by atoms with van der Waals surface area (Å²) in [6.07, 6.45) is 4.13. The van der Waals surface area contributed by atoms with Crippen LogP contribution in [0.5, 0.6) is 0 Å². The average Bonchev–Trinajstić information content (AvgIpc) is 2.19. The number of allylic oxidation sites excluding steroid dienone is 1. The van der Waals surface area contributed by atoms with Crippen LogP contribution in [0.25, 0.3) is 0 Å². The quantitative estimate of drug-likeness (QED) is 0.774. The summed E-state index contributed by atoms with van der Waals surface area (Å²) in [5, 5.41) is 3.48. The van der Waals surface area contributed by atoms with Crippen molar-refractivity contribution in [3.8, 4) is 0 Å². The summed E-state index contributed by atoms with van der Waals surface area (Å²) in [5.74, 6) is 0. The number of hydrogen-bond donors (Lipinski definition) is 1. The number of halogens is 1. The van der Waals surface area contributed by atoms with E-state index in [2.05, 4.69) is 59.9 Å². The maximum Gasteiger partial charge on any atom is 0.0486 e. The SMILES string of the molecule is C=CCCC(C)Nc1ccc(C)cc1Br. The van der Waals surface area contributed by atoms with Gasteiger partial charge in [-0.05, 0) is 60.3 Å². The van der Waals surface area contributed by atoms with Crippen molar-refractivity contribution in [2.45, 2.75) is 32.7 Å². The standard InChI is InChI=1S/C13H18BrN/c1-4-5-6-11(3)15-13-8-7-10(2)9-12(13)14/h4,7-9,11,15H,1,5-6H2,2-3H3. The minimum atomic E-state index is 0.474. The molecule has 1 nitrogen and oxygen atoms in total. The van der Waals surface area contributed by atoms with E-state index in [0.717, 1.165) is 23.0 Å². The van der Waals surface area contributed by atoms with Crippen molar-refractivity contribution in [1.29, 1.82) is 0 Å². The average molecular weight is 268 g/mol. The van der Waals surface area contributed by atoms with Gasteiger partial charge in [-0.3, -0.25) is 0 Å². The fourth-order valence-corrected chi connectivity index (χ4v) is 2.05. The first-order valence-corrected chi connectivity index (χ1v) is 6.06. The highest BCUT2D eigenvalue weighted by Crippen LogP contribution is 2.24. The van der Waals surface area contributed by atoms with E-state index in [1.54, 1.807) is 0 Å². The first-order chi connectivity index (χ1) is 7.13. The molecule has 1 atom stereocenters. The van der Waals surface area contributed by atoms with Crippen molar-refractivity contribution in [3.63, 3.8) is 0 Å². The molecule has 0 aliphatic heterocycles. The molecule has 0 saturated heterocycles. The third kappa shape index (κ3) is 4.08. The largest absolute Gasteiger partial charge is 0.382 e. The summed E-state index contributed by atoms with van der Waals surface area (Å²) in [7, 11) is 0. The van der Waals surface area contributed by atoms with E-state index in [1.165, 1.54) is 5.56 Å². The van der Waals surface area contributed by atoms with Crippen molar-refractivity contribution >= 4 is 21.6 Å². The molecule has 2 heteroatoms. The fraction of sp³-hybridized carbons (Fsp3) is 0.385. The van der Waals surface area contributed by atoms with Crippen LogP contribution in [0.1, 0.15) is 25.3 Å². The zero-order chi connectivity index (χ0) is 11.3. The van der Waals surface area contributed by atoms with E-state index in [1.807, 2.05) is 6.08 Å². The van der Waals surface area contributed by atoms with Crippen LogP contribution < -0.4 is 5.32 Å². The van der Waals surface area contributed by atoms with Crippen LogP contribution in [-0.2, 0) is 0 Å². The molecule has 0 radical (unpaired) electrons. The molecule has 1 unspecified atom stereocenters. The van der Waals surface area contributed by atoms with Crippen LogP contribution in [0.2, 0.25) is 0 Å². The summed E-state index contributed by atoms with van der Waals surface area (Å²) < 4.78 is 1.13. The lowest BCUT2D eigenvalue weighted by Crippen LogP contribution is -2.14. The minimum Gasteiger partial charge on any atom is -0.382 e. The van der Waals surface area contributed by atoms with Gasteiger partial charge < -0.3 is 5.32 Å². The zero-order valence-electron chi connectivity index (χ0n) is 9.39. The van der Waals surface area contributed by atoms with E-state index in [4.69, 9.17) is 0 Å². The van der Waals surface area contributed by atoms with Crippen molar-refractivity contribution in [2.75, 3.05) is 5.32 Å². The molecule has 1 N–H and O–H groups in total. The second-order valence-electron chi connectivity index (χ2n) is 3.89. The Labute approximate surface area is 101 Å². The van der Waals surface area contributed by atoms with Crippen molar-refractivity contribution < 1.29 is 0 Å². The van der Waals surface area contributed by atoms with Crippen LogP contribution in [0, 0.1) is 6.92 Å². The molecular formula is C13H18BrN. The van der Waals surface area contributed by atoms with Crippen molar-refractivity contribution in [3.05, 3.63) is 40.9 Å². The Kier molecular flexibility index (Phi) is 4.89. The van der Waals surface area contributed by atoms with Crippen LogP contribution in [0.3, 0.4) is 0 Å². The Bertz CT molecular complexity index is 333. The first-order valence-electron chi connectivity index (χ1n) is 5.27. The Morgan fingerprint density at radius 3 is 2.87 bits per heavy atom. The van der Waals surface area contributed by atoms with Crippen LogP contribution in [0.4, 0.5) is 5.69 Å². The van der Waals surface area contributed by atoms with Crippen molar-refractivity contribution in [2.24, 2.45) is 0 Å². The predicted molar refractivity (Wildman–Crippen MR) is 71.4 cm³/mol. The molecule has 1 aromatic rings. The lowest BCUT2D eigenvalue weighted by atomic mass is 10.1. The first kappa shape index (κ1) is 12.3. The molecule has 1 rings (SSSR count). The third-order valence-corrected chi connectivity index (χ3v) is 2.99. The number of aryl methyl sites for hydroxylation is 1. The molecule has 0 aromatic heterocycles. The number of rotatable bonds is 5. The monoisotopic (exact) mass is 267 g/mol. The van der Waals surface area contributed by atoms with E-state index < -0.39 is 0 Å². The molecule has 0 fully saturated rings. The van der Waals surface area contributed by atoms with Gasteiger partial charge in [0, 0.05) is 16.2 Å². The highest BCUT2D eigenvalue weighted by Gasteiger charge is 2.03. The smallest absolute Gasteiger partial charge is 0.0486 e.